The highest BCUT2D eigenvalue weighted by Crippen LogP contribution is 2.39. The van der Waals surface area contributed by atoms with Gasteiger partial charge in [-0.15, -0.1) is 10.2 Å². The molecule has 144 valence electrons. The fraction of sp³-hybridized carbons (Fsp3) is 0.118. The number of hydrogen-bond acceptors (Lipinski definition) is 7. The molecule has 28 heavy (non-hydrogen) atoms. The highest BCUT2D eigenvalue weighted by atomic mass is 79.9. The molecule has 1 amide bonds. The lowest BCUT2D eigenvalue weighted by Crippen LogP contribution is -2.24. The molecule has 1 aromatic heterocycles. The molecular weight excluding hydrogens is 496 g/mol. The number of ether oxygens (including phenoxy) is 1. The fourth-order valence-corrected chi connectivity index (χ4v) is 3.06. The number of nitrogens with zero attached hydrogens (tertiary/aromatic N) is 5. The second kappa shape index (κ2) is 8.93. The van der Waals surface area contributed by atoms with Crippen LogP contribution in [0.4, 0.5) is 0 Å². The van der Waals surface area contributed by atoms with Crippen LogP contribution in [0.3, 0.4) is 0 Å². The van der Waals surface area contributed by atoms with Gasteiger partial charge in [-0.05, 0) is 43.1 Å². The SMILES string of the molecule is COc1cc(Br)c(Br)c(/C=N/NC(=O)Cn2nnc(-c3ccccc3)n2)c1O. The van der Waals surface area contributed by atoms with E-state index in [1.807, 2.05) is 30.3 Å². The zero-order chi connectivity index (χ0) is 20.1. The molecule has 0 radical (unpaired) electrons. The van der Waals surface area contributed by atoms with Crippen molar-refractivity contribution < 1.29 is 14.6 Å². The van der Waals surface area contributed by atoms with Crippen molar-refractivity contribution in [1.29, 1.82) is 0 Å². The minimum atomic E-state index is -0.453. The topological polar surface area (TPSA) is 115 Å². The van der Waals surface area contributed by atoms with Gasteiger partial charge in [0.05, 0.1) is 18.9 Å². The van der Waals surface area contributed by atoms with E-state index in [2.05, 4.69) is 57.8 Å². The summed E-state index contributed by atoms with van der Waals surface area (Å²) in [6, 6.07) is 10.9. The van der Waals surface area contributed by atoms with Crippen LogP contribution in [0.2, 0.25) is 0 Å². The first-order valence-electron chi connectivity index (χ1n) is 7.89. The van der Waals surface area contributed by atoms with Crippen molar-refractivity contribution in [3.8, 4) is 22.9 Å². The third-order valence-corrected chi connectivity index (χ3v) is 5.58. The summed E-state index contributed by atoms with van der Waals surface area (Å²) in [6.07, 6.45) is 1.30. The predicted octanol–water partition coefficient (Wildman–Crippen LogP) is 2.73. The third kappa shape index (κ3) is 4.54. The number of aromatic hydroxyl groups is 1. The Labute approximate surface area is 176 Å². The van der Waals surface area contributed by atoms with Gasteiger partial charge >= 0.3 is 0 Å². The fourth-order valence-electron chi connectivity index (χ4n) is 2.23. The molecule has 0 spiro atoms. The Morgan fingerprint density at radius 3 is 2.82 bits per heavy atom. The summed E-state index contributed by atoms with van der Waals surface area (Å²) in [7, 11) is 1.44. The van der Waals surface area contributed by atoms with Crippen LogP contribution >= 0.6 is 31.9 Å². The number of nitrogens with one attached hydrogen (secondary N) is 1. The number of phenolic OH excluding ortho intramolecular Hbond substituents is 1. The van der Waals surface area contributed by atoms with Crippen molar-refractivity contribution in [1.82, 2.24) is 25.6 Å². The van der Waals surface area contributed by atoms with Crippen LogP contribution in [-0.2, 0) is 11.3 Å². The van der Waals surface area contributed by atoms with Crippen molar-refractivity contribution in [2.24, 2.45) is 5.10 Å². The van der Waals surface area contributed by atoms with Crippen LogP contribution < -0.4 is 10.2 Å². The first kappa shape index (κ1) is 20.0. The Bertz CT molecular complexity index is 1020. The highest BCUT2D eigenvalue weighted by Gasteiger charge is 2.14. The lowest BCUT2D eigenvalue weighted by molar-refractivity contribution is -0.122. The predicted molar refractivity (Wildman–Crippen MR) is 109 cm³/mol. The monoisotopic (exact) mass is 508 g/mol. The molecule has 2 aromatic carbocycles. The molecule has 0 fully saturated rings. The number of carbonyl (C=O) groups is 1. The normalized spacial score (nSPS) is 11.0. The molecular formula is C17H14Br2N6O3. The number of benzene rings is 2. The number of carbonyl (C=O) groups excluding carboxylic acids is 1. The van der Waals surface area contributed by atoms with E-state index in [9.17, 15) is 9.90 Å². The van der Waals surface area contributed by atoms with Gasteiger partial charge in [0.1, 0.15) is 6.54 Å². The van der Waals surface area contributed by atoms with Crippen molar-refractivity contribution >= 4 is 44.0 Å². The van der Waals surface area contributed by atoms with E-state index in [1.54, 1.807) is 6.07 Å². The maximum atomic E-state index is 12.0. The molecule has 9 nitrogen and oxygen atoms in total. The highest BCUT2D eigenvalue weighted by molar-refractivity contribution is 9.13. The van der Waals surface area contributed by atoms with Crippen LogP contribution in [0.1, 0.15) is 5.56 Å². The average molecular weight is 510 g/mol. The van der Waals surface area contributed by atoms with Crippen LogP contribution in [0.15, 0.2) is 50.4 Å². The maximum absolute atomic E-state index is 12.0. The number of hydrogen-bond donors (Lipinski definition) is 2. The Hall–Kier alpha value is -2.79. The minimum absolute atomic E-state index is 0.110. The summed E-state index contributed by atoms with van der Waals surface area (Å²) in [5.41, 5.74) is 3.50. The number of amides is 1. The summed E-state index contributed by atoms with van der Waals surface area (Å²) in [5, 5.41) is 26.0. The average Bonchev–Trinajstić information content (AvgIpc) is 3.16. The molecule has 0 saturated heterocycles. The second-order valence-electron chi connectivity index (χ2n) is 5.44. The van der Waals surface area contributed by atoms with Crippen LogP contribution in [0, 0.1) is 0 Å². The second-order valence-corrected chi connectivity index (χ2v) is 7.09. The molecule has 0 unspecified atom stereocenters. The molecule has 1 heterocycles. The number of tetrazole rings is 1. The summed E-state index contributed by atoms with van der Waals surface area (Å²) in [6.45, 7) is -0.161. The largest absolute Gasteiger partial charge is 0.504 e. The van der Waals surface area contributed by atoms with Crippen molar-refractivity contribution in [2.45, 2.75) is 6.54 Å². The zero-order valence-electron chi connectivity index (χ0n) is 14.5. The Morgan fingerprint density at radius 2 is 2.11 bits per heavy atom. The lowest BCUT2D eigenvalue weighted by Gasteiger charge is -2.09. The molecule has 11 heteroatoms. The Morgan fingerprint density at radius 1 is 1.36 bits per heavy atom. The standard InChI is InChI=1S/C17H14Br2N6O3/c1-28-13-7-12(18)15(19)11(16(13)27)8-20-21-14(26)9-25-23-17(22-24-25)10-5-3-2-4-6-10/h2-8,27H,9H2,1H3,(H,21,26)/b20-8+. The van der Waals surface area contributed by atoms with Crippen molar-refractivity contribution in [2.75, 3.05) is 7.11 Å². The van der Waals surface area contributed by atoms with Gasteiger partial charge in [-0.3, -0.25) is 4.79 Å². The number of aromatic nitrogens is 4. The van der Waals surface area contributed by atoms with Gasteiger partial charge in [-0.25, -0.2) is 5.43 Å². The van der Waals surface area contributed by atoms with E-state index in [1.165, 1.54) is 18.1 Å². The molecule has 0 bridgehead atoms. The van der Waals surface area contributed by atoms with E-state index in [0.29, 0.717) is 20.3 Å². The molecule has 0 atom stereocenters. The molecule has 3 aromatic rings. The van der Waals surface area contributed by atoms with Crippen molar-refractivity contribution in [3.05, 3.63) is 50.9 Å². The maximum Gasteiger partial charge on any atom is 0.263 e. The molecule has 0 aliphatic carbocycles. The minimum Gasteiger partial charge on any atom is -0.504 e. The smallest absolute Gasteiger partial charge is 0.263 e. The first-order valence-corrected chi connectivity index (χ1v) is 9.48. The number of methoxy groups -OCH3 is 1. The summed E-state index contributed by atoms with van der Waals surface area (Å²) < 4.78 is 6.32. The summed E-state index contributed by atoms with van der Waals surface area (Å²) in [5.74, 6) is 0.127. The zero-order valence-corrected chi connectivity index (χ0v) is 17.7. The van der Waals surface area contributed by atoms with E-state index in [4.69, 9.17) is 4.74 Å². The van der Waals surface area contributed by atoms with Crippen molar-refractivity contribution in [3.63, 3.8) is 0 Å². The summed E-state index contributed by atoms with van der Waals surface area (Å²) >= 11 is 6.69. The molecule has 0 aliphatic heterocycles. The number of rotatable bonds is 6. The Kier molecular flexibility index (Phi) is 6.37. The van der Waals surface area contributed by atoms with Gasteiger partial charge in [0.2, 0.25) is 5.82 Å². The lowest BCUT2D eigenvalue weighted by atomic mass is 10.2. The van der Waals surface area contributed by atoms with E-state index >= 15 is 0 Å². The van der Waals surface area contributed by atoms with Gasteiger partial charge in [0.25, 0.3) is 5.91 Å². The van der Waals surface area contributed by atoms with Crippen LogP contribution in [-0.4, -0.2) is 44.5 Å². The van der Waals surface area contributed by atoms with Gasteiger partial charge in [0, 0.05) is 14.5 Å². The van der Waals surface area contributed by atoms with E-state index in [0.717, 1.165) is 5.56 Å². The van der Waals surface area contributed by atoms with E-state index in [-0.39, 0.29) is 18.0 Å². The molecule has 0 aliphatic rings. The van der Waals surface area contributed by atoms with Gasteiger partial charge in [-0.1, -0.05) is 30.3 Å². The first-order chi connectivity index (χ1) is 13.5. The number of phenols is 1. The van der Waals surface area contributed by atoms with Gasteiger partial charge < -0.3 is 9.84 Å². The molecule has 2 N–H and O–H groups in total. The molecule has 0 saturated carbocycles. The van der Waals surface area contributed by atoms with Gasteiger partial charge in [-0.2, -0.15) is 9.90 Å². The summed E-state index contributed by atoms with van der Waals surface area (Å²) in [4.78, 5) is 13.2. The van der Waals surface area contributed by atoms with Gasteiger partial charge in [0.15, 0.2) is 11.5 Å². The number of halogens is 2. The van der Waals surface area contributed by atoms with E-state index < -0.39 is 5.91 Å². The Balaban J connectivity index is 1.65. The quantitative estimate of drug-likeness (QED) is 0.390. The van der Waals surface area contributed by atoms with Crippen LogP contribution in [0.25, 0.3) is 11.4 Å². The van der Waals surface area contributed by atoms with Crippen LogP contribution in [0.5, 0.6) is 11.5 Å². The molecule has 3 rings (SSSR count). The number of hydrazone groups is 1. The third-order valence-electron chi connectivity index (χ3n) is 3.57.